The molecule has 3 nitrogen and oxygen atoms in total. The van der Waals surface area contributed by atoms with Crippen LogP contribution in [0.3, 0.4) is 0 Å². The van der Waals surface area contributed by atoms with E-state index < -0.39 is 0 Å². The third-order valence-electron chi connectivity index (χ3n) is 5.54. The van der Waals surface area contributed by atoms with E-state index in [9.17, 15) is 0 Å². The fourth-order valence-corrected chi connectivity index (χ4v) is 3.61. The Kier molecular flexibility index (Phi) is 5.34. The van der Waals surface area contributed by atoms with Crippen molar-refractivity contribution in [3.05, 3.63) is 17.5 Å². The highest BCUT2D eigenvalue weighted by Gasteiger charge is 2.41. The zero-order chi connectivity index (χ0) is 15.6. The number of fused-ring (bicyclic) bond motifs is 2. The predicted molar refractivity (Wildman–Crippen MR) is 87.5 cm³/mol. The highest BCUT2D eigenvalue weighted by Crippen LogP contribution is 2.47. The first kappa shape index (κ1) is 16.4. The molecule has 0 saturated carbocycles. The van der Waals surface area contributed by atoms with Crippen molar-refractivity contribution in [1.29, 1.82) is 0 Å². The molecule has 2 rings (SSSR count). The van der Waals surface area contributed by atoms with Crippen LogP contribution in [-0.2, 0) is 0 Å². The highest BCUT2D eigenvalue weighted by atomic mass is 15.1. The van der Waals surface area contributed by atoms with Crippen LogP contribution in [0.25, 0.3) is 0 Å². The molecule has 0 radical (unpaired) electrons. The zero-order valence-electron chi connectivity index (χ0n) is 14.6. The van der Waals surface area contributed by atoms with Crippen LogP contribution in [-0.4, -0.2) is 15.0 Å². The molecule has 4 unspecified atom stereocenters. The van der Waals surface area contributed by atoms with Crippen LogP contribution in [0.4, 0.5) is 0 Å². The molecule has 0 aliphatic carbocycles. The van der Waals surface area contributed by atoms with E-state index in [2.05, 4.69) is 41.5 Å². The lowest BCUT2D eigenvalue weighted by atomic mass is 9.75. The lowest BCUT2D eigenvalue weighted by molar-refractivity contribution is 0.313. The van der Waals surface area contributed by atoms with Crippen molar-refractivity contribution >= 4 is 0 Å². The Hall–Kier alpha value is -0.990. The molecule has 2 bridgehead atoms. The van der Waals surface area contributed by atoms with Gasteiger partial charge in [0.1, 0.15) is 17.5 Å². The van der Waals surface area contributed by atoms with Gasteiger partial charge in [-0.2, -0.15) is 0 Å². The van der Waals surface area contributed by atoms with Crippen LogP contribution in [0.2, 0.25) is 0 Å². The summed E-state index contributed by atoms with van der Waals surface area (Å²) in [4.78, 5) is 14.5. The monoisotopic (exact) mass is 289 g/mol. The van der Waals surface area contributed by atoms with Crippen LogP contribution in [0, 0.1) is 11.8 Å². The van der Waals surface area contributed by atoms with Crippen molar-refractivity contribution in [2.75, 3.05) is 0 Å². The number of hydrogen-bond donors (Lipinski definition) is 0. The second-order valence-electron chi connectivity index (χ2n) is 6.75. The van der Waals surface area contributed by atoms with Crippen LogP contribution >= 0.6 is 0 Å². The Balaban J connectivity index is 2.42. The minimum atomic E-state index is 0.468. The van der Waals surface area contributed by atoms with Gasteiger partial charge in [-0.05, 0) is 24.7 Å². The lowest BCUT2D eigenvalue weighted by Crippen LogP contribution is -2.19. The summed E-state index contributed by atoms with van der Waals surface area (Å²) in [5, 5.41) is 0. The lowest BCUT2D eigenvalue weighted by Gasteiger charge is -2.27. The Bertz CT molecular complexity index is 433. The van der Waals surface area contributed by atoms with Crippen molar-refractivity contribution in [3.8, 4) is 0 Å². The van der Waals surface area contributed by atoms with Gasteiger partial charge in [0.2, 0.25) is 0 Å². The first-order valence-corrected chi connectivity index (χ1v) is 8.82. The van der Waals surface area contributed by atoms with Gasteiger partial charge in [-0.3, -0.25) is 0 Å². The Morgan fingerprint density at radius 2 is 1.14 bits per heavy atom. The molecule has 118 valence electrons. The molecule has 3 heteroatoms. The van der Waals surface area contributed by atoms with E-state index >= 15 is 0 Å². The third-order valence-corrected chi connectivity index (χ3v) is 5.54. The maximum Gasteiger partial charge on any atom is 0.136 e. The summed E-state index contributed by atoms with van der Waals surface area (Å²) < 4.78 is 0. The van der Waals surface area contributed by atoms with E-state index in [0.717, 1.165) is 30.3 Å². The van der Waals surface area contributed by atoms with E-state index in [1.165, 1.54) is 12.8 Å². The molecule has 1 aliphatic rings. The van der Waals surface area contributed by atoms with Crippen LogP contribution in [0.15, 0.2) is 0 Å². The molecular weight excluding hydrogens is 258 g/mol. The van der Waals surface area contributed by atoms with E-state index in [4.69, 9.17) is 15.0 Å². The second kappa shape index (κ2) is 6.85. The molecule has 21 heavy (non-hydrogen) atoms. The fraction of sp³-hybridized carbons (Fsp3) is 0.833. The third kappa shape index (κ3) is 2.97. The van der Waals surface area contributed by atoms with Gasteiger partial charge in [0, 0.05) is 17.8 Å². The minimum absolute atomic E-state index is 0.468. The molecule has 0 fully saturated rings. The smallest absolute Gasteiger partial charge is 0.136 e. The minimum Gasteiger partial charge on any atom is -0.217 e. The first-order valence-electron chi connectivity index (χ1n) is 8.82. The number of rotatable bonds is 7. The maximum atomic E-state index is 4.88. The largest absolute Gasteiger partial charge is 0.217 e. The topological polar surface area (TPSA) is 38.7 Å². The standard InChI is InChI=1S/C18H31N3/c1-7-11(5)14-15(12(6)8-2)18-20-16(13(9-3)10-4)19-17(14)21-18/h11-15H,7-10H2,1-6H3. The van der Waals surface area contributed by atoms with E-state index in [-0.39, 0.29) is 0 Å². The summed E-state index contributed by atoms with van der Waals surface area (Å²) in [6.45, 7) is 13.7. The molecule has 1 aromatic rings. The van der Waals surface area contributed by atoms with Crippen LogP contribution < -0.4 is 0 Å². The van der Waals surface area contributed by atoms with Crippen molar-refractivity contribution in [1.82, 2.24) is 15.0 Å². The molecule has 2 heterocycles. The summed E-state index contributed by atoms with van der Waals surface area (Å²) in [5.74, 6) is 5.85. The average molecular weight is 289 g/mol. The molecule has 4 atom stereocenters. The molecule has 0 N–H and O–H groups in total. The van der Waals surface area contributed by atoms with E-state index in [1.807, 2.05) is 0 Å². The summed E-state index contributed by atoms with van der Waals surface area (Å²) >= 11 is 0. The highest BCUT2D eigenvalue weighted by molar-refractivity contribution is 5.22. The SMILES string of the molecule is CCC(CC)c1nc2nc(n1)C(C(C)CC)C2C(C)CC. The number of nitrogens with zero attached hydrogens (tertiary/aromatic N) is 3. The molecular formula is C18H31N3. The average Bonchev–Trinajstić information content (AvgIpc) is 2.77. The number of aromatic nitrogens is 3. The van der Waals surface area contributed by atoms with Crippen LogP contribution in [0.5, 0.6) is 0 Å². The zero-order valence-corrected chi connectivity index (χ0v) is 14.6. The molecule has 1 aliphatic heterocycles. The van der Waals surface area contributed by atoms with E-state index in [0.29, 0.717) is 29.6 Å². The Morgan fingerprint density at radius 1 is 0.714 bits per heavy atom. The first-order chi connectivity index (χ1) is 10.1. The Morgan fingerprint density at radius 3 is 1.48 bits per heavy atom. The van der Waals surface area contributed by atoms with Gasteiger partial charge in [-0.15, -0.1) is 0 Å². The van der Waals surface area contributed by atoms with Crippen molar-refractivity contribution in [3.63, 3.8) is 0 Å². The number of hydrogen-bond acceptors (Lipinski definition) is 3. The van der Waals surface area contributed by atoms with Crippen molar-refractivity contribution < 1.29 is 0 Å². The summed E-state index contributed by atoms with van der Waals surface area (Å²) in [5.41, 5.74) is 0. The second-order valence-corrected chi connectivity index (χ2v) is 6.75. The summed E-state index contributed by atoms with van der Waals surface area (Å²) in [6.07, 6.45) is 4.59. The van der Waals surface area contributed by atoms with E-state index in [1.54, 1.807) is 0 Å². The predicted octanol–water partition coefficient (Wildman–Crippen LogP) is 5.05. The Labute approximate surface area is 130 Å². The van der Waals surface area contributed by atoms with Gasteiger partial charge in [0.05, 0.1) is 0 Å². The van der Waals surface area contributed by atoms with Crippen molar-refractivity contribution in [2.24, 2.45) is 11.8 Å². The van der Waals surface area contributed by atoms with Gasteiger partial charge in [0.15, 0.2) is 0 Å². The molecule has 0 saturated heterocycles. The van der Waals surface area contributed by atoms with Crippen LogP contribution in [0.1, 0.15) is 102 Å². The molecule has 0 amide bonds. The fourth-order valence-electron chi connectivity index (χ4n) is 3.61. The summed E-state index contributed by atoms with van der Waals surface area (Å²) in [6, 6.07) is 0. The molecule has 1 aromatic heterocycles. The van der Waals surface area contributed by atoms with Gasteiger partial charge >= 0.3 is 0 Å². The van der Waals surface area contributed by atoms with Crippen molar-refractivity contribution in [2.45, 2.75) is 85.0 Å². The normalized spacial score (nSPS) is 23.6. The van der Waals surface area contributed by atoms with Gasteiger partial charge in [-0.1, -0.05) is 54.4 Å². The summed E-state index contributed by atoms with van der Waals surface area (Å²) in [7, 11) is 0. The van der Waals surface area contributed by atoms with Gasteiger partial charge in [-0.25, -0.2) is 15.0 Å². The van der Waals surface area contributed by atoms with Gasteiger partial charge in [0.25, 0.3) is 0 Å². The molecule has 0 aromatic carbocycles. The molecule has 0 spiro atoms. The quantitative estimate of drug-likeness (QED) is 0.705. The maximum absolute atomic E-state index is 4.88. The van der Waals surface area contributed by atoms with Gasteiger partial charge < -0.3 is 0 Å².